The highest BCUT2D eigenvalue weighted by Crippen LogP contribution is 2.29. The van der Waals surface area contributed by atoms with Gasteiger partial charge in [0, 0.05) is 32.0 Å². The highest BCUT2D eigenvalue weighted by Gasteiger charge is 2.33. The van der Waals surface area contributed by atoms with Gasteiger partial charge in [0.05, 0.1) is 0 Å². The molecule has 1 aliphatic carbocycles. The Morgan fingerprint density at radius 1 is 1.29 bits per heavy atom. The Bertz CT molecular complexity index is 261. The summed E-state index contributed by atoms with van der Waals surface area (Å²) in [6.07, 6.45) is 2.97. The summed E-state index contributed by atoms with van der Waals surface area (Å²) in [5, 5.41) is 2.99. The van der Waals surface area contributed by atoms with Gasteiger partial charge in [-0.15, -0.1) is 0 Å². The van der Waals surface area contributed by atoms with E-state index in [-0.39, 0.29) is 23.8 Å². The van der Waals surface area contributed by atoms with E-state index in [4.69, 9.17) is 0 Å². The van der Waals surface area contributed by atoms with Crippen molar-refractivity contribution in [2.75, 3.05) is 13.1 Å². The molecule has 0 aromatic heterocycles. The SMILES string of the molecule is CC(=O)N1CCC(NC(=O)C2CC2)C1. The molecule has 1 saturated carbocycles. The van der Waals surface area contributed by atoms with Crippen LogP contribution in [0.4, 0.5) is 0 Å². The zero-order valence-corrected chi connectivity index (χ0v) is 8.45. The number of carbonyl (C=O) groups is 2. The van der Waals surface area contributed by atoms with E-state index in [9.17, 15) is 9.59 Å². The maximum atomic E-state index is 11.4. The van der Waals surface area contributed by atoms with Gasteiger partial charge in [0.1, 0.15) is 0 Å². The van der Waals surface area contributed by atoms with Crippen LogP contribution in [0, 0.1) is 5.92 Å². The molecule has 78 valence electrons. The van der Waals surface area contributed by atoms with Crippen molar-refractivity contribution in [3.8, 4) is 0 Å². The van der Waals surface area contributed by atoms with Gasteiger partial charge < -0.3 is 10.2 Å². The molecule has 0 aromatic carbocycles. The summed E-state index contributed by atoms with van der Waals surface area (Å²) in [5.41, 5.74) is 0. The molecule has 2 aliphatic rings. The molecule has 1 saturated heterocycles. The van der Waals surface area contributed by atoms with E-state index in [1.807, 2.05) is 0 Å². The third-order valence-electron chi connectivity index (χ3n) is 2.93. The van der Waals surface area contributed by atoms with Gasteiger partial charge in [-0.05, 0) is 19.3 Å². The number of likely N-dealkylation sites (tertiary alicyclic amines) is 1. The van der Waals surface area contributed by atoms with Gasteiger partial charge in [-0.25, -0.2) is 0 Å². The molecule has 0 bridgehead atoms. The minimum absolute atomic E-state index is 0.105. The molecule has 4 nitrogen and oxygen atoms in total. The van der Waals surface area contributed by atoms with Crippen molar-refractivity contribution in [2.24, 2.45) is 5.92 Å². The molecule has 14 heavy (non-hydrogen) atoms. The van der Waals surface area contributed by atoms with E-state index in [0.29, 0.717) is 6.54 Å². The predicted molar refractivity (Wildman–Crippen MR) is 51.5 cm³/mol. The van der Waals surface area contributed by atoms with Crippen LogP contribution < -0.4 is 5.32 Å². The molecule has 1 heterocycles. The number of carbonyl (C=O) groups excluding carboxylic acids is 2. The molecule has 2 fully saturated rings. The second-order valence-corrected chi connectivity index (χ2v) is 4.23. The van der Waals surface area contributed by atoms with Crippen LogP contribution in [0.3, 0.4) is 0 Å². The van der Waals surface area contributed by atoms with Crippen LogP contribution in [0.1, 0.15) is 26.2 Å². The Morgan fingerprint density at radius 3 is 2.50 bits per heavy atom. The number of rotatable bonds is 2. The van der Waals surface area contributed by atoms with Gasteiger partial charge in [-0.2, -0.15) is 0 Å². The van der Waals surface area contributed by atoms with Crippen LogP contribution in [0.5, 0.6) is 0 Å². The highest BCUT2D eigenvalue weighted by atomic mass is 16.2. The predicted octanol–water partition coefficient (Wildman–Crippen LogP) is 0.133. The number of nitrogens with zero attached hydrogens (tertiary/aromatic N) is 1. The van der Waals surface area contributed by atoms with Gasteiger partial charge in [0.2, 0.25) is 11.8 Å². The van der Waals surface area contributed by atoms with E-state index in [1.165, 1.54) is 0 Å². The van der Waals surface area contributed by atoms with E-state index in [2.05, 4.69) is 5.32 Å². The Balaban J connectivity index is 1.77. The average Bonchev–Trinajstić information content (AvgIpc) is 2.87. The van der Waals surface area contributed by atoms with Gasteiger partial charge >= 0.3 is 0 Å². The zero-order valence-electron chi connectivity index (χ0n) is 8.45. The number of amides is 2. The lowest BCUT2D eigenvalue weighted by atomic mass is 10.2. The monoisotopic (exact) mass is 196 g/mol. The van der Waals surface area contributed by atoms with Crippen LogP contribution >= 0.6 is 0 Å². The molecule has 1 atom stereocenters. The molecule has 0 spiro atoms. The molecule has 1 aliphatic heterocycles. The molecule has 0 radical (unpaired) electrons. The van der Waals surface area contributed by atoms with Crippen molar-refractivity contribution in [1.29, 1.82) is 0 Å². The van der Waals surface area contributed by atoms with Crippen molar-refractivity contribution in [2.45, 2.75) is 32.2 Å². The van der Waals surface area contributed by atoms with E-state index in [1.54, 1.807) is 11.8 Å². The van der Waals surface area contributed by atoms with Crippen molar-refractivity contribution >= 4 is 11.8 Å². The van der Waals surface area contributed by atoms with Gasteiger partial charge in [0.15, 0.2) is 0 Å². The largest absolute Gasteiger partial charge is 0.351 e. The summed E-state index contributed by atoms with van der Waals surface area (Å²) in [6, 6.07) is 0.187. The topological polar surface area (TPSA) is 49.4 Å². The van der Waals surface area contributed by atoms with Crippen LogP contribution in [0.15, 0.2) is 0 Å². The fourth-order valence-corrected chi connectivity index (χ4v) is 1.83. The van der Waals surface area contributed by atoms with Crippen molar-refractivity contribution in [1.82, 2.24) is 10.2 Å². The number of hydrogen-bond acceptors (Lipinski definition) is 2. The Kier molecular flexibility index (Phi) is 2.44. The summed E-state index contributed by atoms with van der Waals surface area (Å²) < 4.78 is 0. The quantitative estimate of drug-likeness (QED) is 0.682. The second kappa shape index (κ2) is 3.59. The number of nitrogens with one attached hydrogen (secondary N) is 1. The summed E-state index contributed by atoms with van der Waals surface area (Å²) in [7, 11) is 0. The van der Waals surface area contributed by atoms with Gasteiger partial charge in [-0.3, -0.25) is 9.59 Å². The molecule has 1 unspecified atom stereocenters. The lowest BCUT2D eigenvalue weighted by Crippen LogP contribution is -2.38. The molecule has 0 aromatic rings. The number of hydrogen-bond donors (Lipinski definition) is 1. The Morgan fingerprint density at radius 2 is 2.00 bits per heavy atom. The lowest BCUT2D eigenvalue weighted by Gasteiger charge is -2.14. The van der Waals surface area contributed by atoms with Crippen LogP contribution in [0.2, 0.25) is 0 Å². The Labute approximate surface area is 83.6 Å². The molecule has 1 N–H and O–H groups in total. The highest BCUT2D eigenvalue weighted by molar-refractivity contribution is 5.81. The standard InChI is InChI=1S/C10H16N2O2/c1-7(13)12-5-4-9(6-12)11-10(14)8-2-3-8/h8-9H,2-6H2,1H3,(H,11,14). The summed E-state index contributed by atoms with van der Waals surface area (Å²) in [4.78, 5) is 24.2. The third kappa shape index (κ3) is 2.05. The first-order valence-corrected chi connectivity index (χ1v) is 5.22. The molecule has 2 amide bonds. The van der Waals surface area contributed by atoms with Crippen LogP contribution in [0.25, 0.3) is 0 Å². The van der Waals surface area contributed by atoms with Crippen LogP contribution in [-0.4, -0.2) is 35.8 Å². The summed E-state index contributed by atoms with van der Waals surface area (Å²) in [5.74, 6) is 0.551. The second-order valence-electron chi connectivity index (χ2n) is 4.23. The molecular weight excluding hydrogens is 180 g/mol. The fourth-order valence-electron chi connectivity index (χ4n) is 1.83. The first kappa shape index (κ1) is 9.49. The first-order valence-electron chi connectivity index (χ1n) is 5.22. The van der Waals surface area contributed by atoms with Gasteiger partial charge in [0.25, 0.3) is 0 Å². The molecule has 4 heteroatoms. The average molecular weight is 196 g/mol. The third-order valence-corrected chi connectivity index (χ3v) is 2.93. The van der Waals surface area contributed by atoms with Crippen LogP contribution in [-0.2, 0) is 9.59 Å². The van der Waals surface area contributed by atoms with Crippen molar-refractivity contribution in [3.63, 3.8) is 0 Å². The fraction of sp³-hybridized carbons (Fsp3) is 0.800. The maximum absolute atomic E-state index is 11.4. The van der Waals surface area contributed by atoms with Crippen molar-refractivity contribution in [3.05, 3.63) is 0 Å². The lowest BCUT2D eigenvalue weighted by molar-refractivity contribution is -0.128. The minimum Gasteiger partial charge on any atom is -0.351 e. The first-order chi connectivity index (χ1) is 6.66. The molecular formula is C10H16N2O2. The summed E-state index contributed by atoms with van der Waals surface area (Å²) >= 11 is 0. The normalized spacial score (nSPS) is 26.4. The van der Waals surface area contributed by atoms with Crippen molar-refractivity contribution < 1.29 is 9.59 Å². The zero-order chi connectivity index (χ0) is 10.1. The summed E-state index contributed by atoms with van der Waals surface area (Å²) in [6.45, 7) is 3.05. The maximum Gasteiger partial charge on any atom is 0.223 e. The molecule has 2 rings (SSSR count). The van der Waals surface area contributed by atoms with E-state index < -0.39 is 0 Å². The minimum atomic E-state index is 0.105. The Hall–Kier alpha value is -1.06. The van der Waals surface area contributed by atoms with E-state index in [0.717, 1.165) is 25.8 Å². The smallest absolute Gasteiger partial charge is 0.223 e. The van der Waals surface area contributed by atoms with E-state index >= 15 is 0 Å². The van der Waals surface area contributed by atoms with Gasteiger partial charge in [-0.1, -0.05) is 0 Å².